The number of hydrogen-bond acceptors (Lipinski definition) is 2. The topological polar surface area (TPSA) is 15.3 Å². The molecule has 4 aliphatic rings. The molecule has 20 rings (SSSR count). The van der Waals surface area contributed by atoms with E-state index in [0.717, 1.165) is 28.1 Å². The van der Waals surface area contributed by atoms with Crippen molar-refractivity contribution in [3.8, 4) is 89.0 Å². The van der Waals surface area contributed by atoms with E-state index in [4.69, 9.17) is 0 Å². The van der Waals surface area contributed by atoms with Crippen molar-refractivity contribution in [2.24, 2.45) is 0 Å². The molecule has 0 saturated carbocycles. The van der Waals surface area contributed by atoms with E-state index in [0.29, 0.717) is 0 Å². The van der Waals surface area contributed by atoms with Gasteiger partial charge in [-0.3, -0.25) is 0 Å². The minimum Gasteiger partial charge on any atom is -0.359 e. The van der Waals surface area contributed by atoms with Crippen LogP contribution in [0.15, 0.2) is 364 Å². The van der Waals surface area contributed by atoms with E-state index in [1.165, 1.54) is 150 Å². The van der Waals surface area contributed by atoms with Gasteiger partial charge in [0.05, 0.1) is 22.2 Å². The molecule has 0 aromatic heterocycles. The molecule has 3 aliphatic carbocycles. The van der Waals surface area contributed by atoms with Crippen molar-refractivity contribution in [2.75, 3.05) is 10.2 Å². The lowest BCUT2D eigenvalue weighted by atomic mass is 9.52. The lowest BCUT2D eigenvalue weighted by molar-refractivity contribution is 0.633. The maximum Gasteiger partial charge on any atom is 0.130 e. The number of para-hydroxylation sites is 3. The second-order valence-corrected chi connectivity index (χ2v) is 26.5. The van der Waals surface area contributed by atoms with Gasteiger partial charge in [0.1, 0.15) is 6.17 Å². The monoisotopic (exact) mass is 1230 g/mol. The number of hydrogen-bond donors (Lipinski definition) is 1. The van der Waals surface area contributed by atoms with Crippen LogP contribution in [0.1, 0.15) is 56.2 Å². The van der Waals surface area contributed by atoms with Crippen molar-refractivity contribution in [3.05, 3.63) is 414 Å². The second kappa shape index (κ2) is 21.6. The van der Waals surface area contributed by atoms with Crippen LogP contribution in [0.5, 0.6) is 0 Å². The van der Waals surface area contributed by atoms with E-state index in [-0.39, 0.29) is 6.17 Å². The number of nitrogens with one attached hydrogen (secondary N) is 1. The lowest BCUT2D eigenvalue weighted by Crippen LogP contribution is -2.43. The molecule has 1 aliphatic heterocycles. The third-order valence-corrected chi connectivity index (χ3v) is 21.8. The molecular formula is C95H62N2. The summed E-state index contributed by atoms with van der Waals surface area (Å²) in [6.45, 7) is 0. The first-order chi connectivity index (χ1) is 48.1. The van der Waals surface area contributed by atoms with Crippen molar-refractivity contribution in [1.82, 2.24) is 0 Å². The van der Waals surface area contributed by atoms with Crippen LogP contribution in [0.3, 0.4) is 0 Å². The molecule has 0 saturated heterocycles. The van der Waals surface area contributed by atoms with Crippen molar-refractivity contribution < 1.29 is 0 Å². The Morgan fingerprint density at radius 3 is 1.07 bits per heavy atom. The zero-order chi connectivity index (χ0) is 63.8. The first-order valence-electron chi connectivity index (χ1n) is 33.9. The number of anilines is 3. The smallest absolute Gasteiger partial charge is 0.130 e. The van der Waals surface area contributed by atoms with E-state index < -0.39 is 10.8 Å². The van der Waals surface area contributed by atoms with Crippen LogP contribution in [0.2, 0.25) is 0 Å². The third kappa shape index (κ3) is 7.96. The van der Waals surface area contributed by atoms with E-state index in [9.17, 15) is 0 Å². The molecule has 16 aromatic rings. The van der Waals surface area contributed by atoms with Gasteiger partial charge in [0.25, 0.3) is 0 Å². The fourth-order valence-electron chi connectivity index (χ4n) is 17.9. The molecule has 0 radical (unpaired) electrons. The normalized spacial score (nSPS) is 14.5. The highest BCUT2D eigenvalue weighted by Gasteiger charge is 2.59. The molecule has 0 amide bonds. The van der Waals surface area contributed by atoms with Crippen molar-refractivity contribution in [2.45, 2.75) is 17.0 Å². The van der Waals surface area contributed by atoms with Gasteiger partial charge < -0.3 is 10.2 Å². The van der Waals surface area contributed by atoms with Gasteiger partial charge >= 0.3 is 0 Å². The lowest BCUT2D eigenvalue weighted by Gasteiger charge is -2.49. The molecule has 1 unspecified atom stereocenters. The number of rotatable bonds is 8. The predicted molar refractivity (Wildman–Crippen MR) is 404 cm³/mol. The number of fused-ring (bicyclic) bond motifs is 19. The first-order valence-corrected chi connectivity index (χ1v) is 33.9. The molecule has 0 fully saturated rings. The maximum absolute atomic E-state index is 3.88. The summed E-state index contributed by atoms with van der Waals surface area (Å²) in [5, 5.41) is 8.65. The molecule has 452 valence electrons. The van der Waals surface area contributed by atoms with Crippen LogP contribution in [0.25, 0.3) is 111 Å². The molecule has 2 nitrogen and oxygen atoms in total. The molecule has 1 heterocycles. The highest BCUT2D eigenvalue weighted by Crippen LogP contribution is 2.68. The molecule has 2 spiro atoms. The fraction of sp³-hybridized carbons (Fsp3) is 0.0316. The quantitative estimate of drug-likeness (QED) is 0.153. The van der Waals surface area contributed by atoms with E-state index in [1.54, 1.807) is 0 Å². The van der Waals surface area contributed by atoms with Crippen molar-refractivity contribution >= 4 is 38.6 Å². The molecule has 0 bridgehead atoms. The number of benzene rings is 16. The molecule has 1 atom stereocenters. The van der Waals surface area contributed by atoms with Gasteiger partial charge in [0.2, 0.25) is 0 Å². The third-order valence-electron chi connectivity index (χ3n) is 21.8. The Morgan fingerprint density at radius 1 is 0.227 bits per heavy atom. The van der Waals surface area contributed by atoms with Crippen LogP contribution < -0.4 is 10.2 Å². The van der Waals surface area contributed by atoms with Gasteiger partial charge in [-0.15, -0.1) is 0 Å². The molecular weight excluding hydrogens is 1170 g/mol. The Bertz CT molecular complexity index is 5780. The zero-order valence-electron chi connectivity index (χ0n) is 53.2. The van der Waals surface area contributed by atoms with Gasteiger partial charge in [0.15, 0.2) is 0 Å². The molecule has 16 aromatic carbocycles. The van der Waals surface area contributed by atoms with Crippen LogP contribution in [0.4, 0.5) is 17.1 Å². The Kier molecular flexibility index (Phi) is 12.3. The summed E-state index contributed by atoms with van der Waals surface area (Å²) in [7, 11) is 0. The Hall–Kier alpha value is -12.4. The standard InChI is InChI=1S/C95H62N2/c1-4-26-62(27-5-1)69-32-10-12-38-75(69)91-78-56-53-66(67-54-57-87-88(60-67)95(83-42-20-16-36-73(83)74-37-17-21-43-84(74)95)86-45-23-22-44-85(86)94(87)81-40-18-14-34-71(81)72-35-15-19-41-82(72)94)59-80(78)92(76-39-13-11-33-70(76)63-28-6-2-7-29-63)77-55-52-65(58-79(77)91)61-48-50-64(51-49-61)93-96-89-46-24-25-47-90(89)97(93)68-30-8-3-9-31-68/h1-60,93,96H. The van der Waals surface area contributed by atoms with Crippen LogP contribution in [-0.4, -0.2) is 0 Å². The summed E-state index contributed by atoms with van der Waals surface area (Å²) in [4.78, 5) is 2.42. The van der Waals surface area contributed by atoms with Crippen LogP contribution in [-0.2, 0) is 10.8 Å². The highest BCUT2D eigenvalue weighted by molar-refractivity contribution is 6.24. The fourth-order valence-corrected chi connectivity index (χ4v) is 17.9. The largest absolute Gasteiger partial charge is 0.359 e. The van der Waals surface area contributed by atoms with E-state index in [2.05, 4.69) is 374 Å². The van der Waals surface area contributed by atoms with E-state index in [1.807, 2.05) is 0 Å². The minimum atomic E-state index is -0.631. The van der Waals surface area contributed by atoms with Gasteiger partial charge in [-0.1, -0.05) is 322 Å². The maximum atomic E-state index is 3.88. The Morgan fingerprint density at radius 2 is 0.577 bits per heavy atom. The second-order valence-electron chi connectivity index (χ2n) is 26.5. The van der Waals surface area contributed by atoms with Gasteiger partial charge in [0, 0.05) is 5.69 Å². The highest BCUT2D eigenvalue weighted by atomic mass is 15.3. The Balaban J connectivity index is 0.851. The minimum absolute atomic E-state index is 0.0794. The molecule has 1 N–H and O–H groups in total. The van der Waals surface area contributed by atoms with Gasteiger partial charge in [-0.25, -0.2) is 0 Å². The summed E-state index contributed by atoms with van der Waals surface area (Å²) >= 11 is 0. The van der Waals surface area contributed by atoms with Crippen molar-refractivity contribution in [3.63, 3.8) is 0 Å². The Labute approximate surface area is 565 Å². The van der Waals surface area contributed by atoms with E-state index >= 15 is 0 Å². The van der Waals surface area contributed by atoms with Crippen LogP contribution >= 0.6 is 0 Å². The molecule has 2 heteroatoms. The zero-order valence-corrected chi connectivity index (χ0v) is 53.2. The summed E-state index contributed by atoms with van der Waals surface area (Å²) in [5.41, 5.74) is 33.4. The summed E-state index contributed by atoms with van der Waals surface area (Å²) in [6, 6.07) is 137. The summed E-state index contributed by atoms with van der Waals surface area (Å²) in [5.74, 6) is 0. The van der Waals surface area contributed by atoms with Gasteiger partial charge in [-0.05, 0) is 203 Å². The summed E-state index contributed by atoms with van der Waals surface area (Å²) in [6.07, 6.45) is -0.0794. The first kappa shape index (κ1) is 55.1. The van der Waals surface area contributed by atoms with Crippen molar-refractivity contribution in [1.29, 1.82) is 0 Å². The SMILES string of the molecule is c1ccc(-c2ccccc2-c2c3ccc(-c4ccc5c(c4)C4(c6ccccc6-c6ccccc64)c4ccccc4C54c5ccccc5-c5ccccc54)cc3c(-c3ccccc3-c3ccccc3)c3ccc(-c4ccc(C5Nc6ccccc6N5c5ccccc5)cc4)cc23)cc1. The van der Waals surface area contributed by atoms with Gasteiger partial charge in [-0.2, -0.15) is 0 Å². The van der Waals surface area contributed by atoms with Crippen LogP contribution in [0, 0.1) is 0 Å². The average Bonchev–Trinajstić information content (AvgIpc) is 1.54. The molecule has 97 heavy (non-hydrogen) atoms. The average molecular weight is 1230 g/mol. The predicted octanol–water partition coefficient (Wildman–Crippen LogP) is 24.3. The summed E-state index contributed by atoms with van der Waals surface area (Å²) < 4.78 is 0. The number of nitrogens with zero attached hydrogens (tertiary/aromatic N) is 1.